The van der Waals surface area contributed by atoms with Crippen molar-refractivity contribution in [2.75, 3.05) is 7.11 Å². The molecule has 0 saturated carbocycles. The van der Waals surface area contributed by atoms with E-state index in [4.69, 9.17) is 11.2 Å². The van der Waals surface area contributed by atoms with Crippen LogP contribution in [0.15, 0.2) is 42.5 Å². The number of ether oxygens (including phenoxy) is 1. The van der Waals surface area contributed by atoms with Crippen molar-refractivity contribution >= 4 is 12.2 Å². The Kier molecular flexibility index (Phi) is 6.84. The average molecular weight is 277 g/mol. The van der Waals surface area contributed by atoms with Crippen molar-refractivity contribution in [2.24, 2.45) is 0 Å². The Bertz CT molecular complexity index is 628. The minimum absolute atomic E-state index is 0.777. The molecule has 2 rings (SSSR count). The predicted molar refractivity (Wildman–Crippen MR) is 92.1 cm³/mol. The third kappa shape index (κ3) is 5.20. The van der Waals surface area contributed by atoms with Crippen molar-refractivity contribution in [2.45, 2.75) is 13.8 Å². The topological polar surface area (TPSA) is 9.23 Å². The summed E-state index contributed by atoms with van der Waals surface area (Å²) < 4.78 is 5.24. The molecule has 0 unspecified atom stereocenters. The first-order valence-corrected chi connectivity index (χ1v) is 6.82. The summed E-state index contributed by atoms with van der Waals surface area (Å²) in [5, 5.41) is 0. The normalized spacial score (nSPS) is 9.67. The largest absolute Gasteiger partial charge is 0.497 e. The number of methoxy groups -OCH3 is 1. The van der Waals surface area contributed by atoms with Gasteiger partial charge in [-0.05, 0) is 36.2 Å². The third-order valence-corrected chi connectivity index (χ3v) is 2.88. The van der Waals surface area contributed by atoms with Crippen LogP contribution in [0.25, 0.3) is 12.2 Å². The molecule has 0 fully saturated rings. The van der Waals surface area contributed by atoms with Gasteiger partial charge in [0.1, 0.15) is 5.75 Å². The Labute approximate surface area is 128 Å². The van der Waals surface area contributed by atoms with Crippen LogP contribution >= 0.6 is 0 Å². The van der Waals surface area contributed by atoms with E-state index in [1.54, 1.807) is 14.0 Å². The van der Waals surface area contributed by atoms with E-state index in [2.05, 4.69) is 50.1 Å². The summed E-state index contributed by atoms with van der Waals surface area (Å²) in [6.07, 6.45) is 9.54. The van der Waals surface area contributed by atoms with Crippen LogP contribution in [0.1, 0.15) is 29.2 Å². The van der Waals surface area contributed by atoms with Gasteiger partial charge < -0.3 is 4.74 Å². The van der Waals surface area contributed by atoms with Crippen LogP contribution in [0.3, 0.4) is 0 Å². The number of hydrogen-bond acceptors (Lipinski definition) is 1. The van der Waals surface area contributed by atoms with Gasteiger partial charge in [-0.25, -0.2) is 0 Å². The SMILES string of the molecule is C#Cc1cc(/C=C\c2ccc(C)cc2)cc(OC)c1.[CH2]C. The lowest BCUT2D eigenvalue weighted by atomic mass is 10.1. The Morgan fingerprint density at radius 3 is 2.19 bits per heavy atom. The summed E-state index contributed by atoms with van der Waals surface area (Å²) in [5.41, 5.74) is 4.28. The van der Waals surface area contributed by atoms with E-state index < -0.39 is 0 Å². The van der Waals surface area contributed by atoms with Crippen molar-refractivity contribution in [1.82, 2.24) is 0 Å². The van der Waals surface area contributed by atoms with Gasteiger partial charge in [-0.1, -0.05) is 61.7 Å². The van der Waals surface area contributed by atoms with Crippen molar-refractivity contribution < 1.29 is 4.74 Å². The van der Waals surface area contributed by atoms with Crippen LogP contribution < -0.4 is 4.74 Å². The van der Waals surface area contributed by atoms with Crippen molar-refractivity contribution in [1.29, 1.82) is 0 Å². The highest BCUT2D eigenvalue weighted by Gasteiger charge is 1.97. The Hall–Kier alpha value is -2.46. The molecule has 0 aliphatic rings. The molecule has 0 saturated heterocycles. The van der Waals surface area contributed by atoms with Crippen molar-refractivity contribution in [3.63, 3.8) is 0 Å². The zero-order chi connectivity index (χ0) is 15.7. The summed E-state index contributed by atoms with van der Waals surface area (Å²) in [5.74, 6) is 3.41. The smallest absolute Gasteiger partial charge is 0.120 e. The van der Waals surface area contributed by atoms with Gasteiger partial charge in [0, 0.05) is 5.56 Å². The predicted octanol–water partition coefficient (Wildman–Crippen LogP) is 5.00. The summed E-state index contributed by atoms with van der Waals surface area (Å²) >= 11 is 0. The average Bonchev–Trinajstić information content (AvgIpc) is 2.55. The molecule has 0 spiro atoms. The van der Waals surface area contributed by atoms with Crippen LogP contribution in [-0.2, 0) is 0 Å². The van der Waals surface area contributed by atoms with Crippen LogP contribution in [0.4, 0.5) is 0 Å². The molecule has 0 aliphatic carbocycles. The van der Waals surface area contributed by atoms with Gasteiger partial charge in [0.25, 0.3) is 0 Å². The number of hydrogen-bond donors (Lipinski definition) is 0. The van der Waals surface area contributed by atoms with Gasteiger partial charge in [-0.3, -0.25) is 0 Å². The Morgan fingerprint density at radius 1 is 1.00 bits per heavy atom. The first kappa shape index (κ1) is 16.6. The van der Waals surface area contributed by atoms with E-state index in [1.807, 2.05) is 24.3 Å². The van der Waals surface area contributed by atoms with E-state index in [-0.39, 0.29) is 0 Å². The molecule has 1 nitrogen and oxygen atoms in total. The molecule has 2 aromatic carbocycles. The first-order valence-electron chi connectivity index (χ1n) is 6.82. The molecule has 1 radical (unpaired) electrons. The van der Waals surface area contributed by atoms with Gasteiger partial charge in [-0.15, -0.1) is 6.42 Å². The lowest BCUT2D eigenvalue weighted by Crippen LogP contribution is -1.86. The molecule has 0 amide bonds. The second kappa shape index (κ2) is 8.66. The maximum atomic E-state index is 5.44. The Morgan fingerprint density at radius 2 is 1.62 bits per heavy atom. The third-order valence-electron chi connectivity index (χ3n) is 2.88. The van der Waals surface area contributed by atoms with Gasteiger partial charge in [0.15, 0.2) is 0 Å². The molecule has 2 aromatic rings. The highest BCUT2D eigenvalue weighted by Crippen LogP contribution is 2.18. The zero-order valence-electron chi connectivity index (χ0n) is 12.9. The van der Waals surface area contributed by atoms with Crippen LogP contribution in [0, 0.1) is 26.2 Å². The molecule has 0 atom stereocenters. The second-order valence-electron chi connectivity index (χ2n) is 4.38. The minimum atomic E-state index is 0.777. The highest BCUT2D eigenvalue weighted by atomic mass is 16.5. The fourth-order valence-electron chi connectivity index (χ4n) is 1.79. The molecule has 107 valence electrons. The van der Waals surface area contributed by atoms with Gasteiger partial charge in [0.2, 0.25) is 0 Å². The summed E-state index contributed by atoms with van der Waals surface area (Å²) in [7, 11) is 1.64. The quantitative estimate of drug-likeness (QED) is 0.567. The summed E-state index contributed by atoms with van der Waals surface area (Å²) in [4.78, 5) is 0. The van der Waals surface area contributed by atoms with Crippen molar-refractivity contribution in [3.05, 3.63) is 71.6 Å². The number of benzene rings is 2. The van der Waals surface area contributed by atoms with Crippen molar-refractivity contribution in [3.8, 4) is 18.1 Å². The molecular formula is C20H21O. The molecule has 1 heteroatoms. The van der Waals surface area contributed by atoms with E-state index in [1.165, 1.54) is 5.56 Å². The number of aryl methyl sites for hydroxylation is 1. The fourth-order valence-corrected chi connectivity index (χ4v) is 1.79. The molecule has 0 aromatic heterocycles. The summed E-state index contributed by atoms with van der Waals surface area (Å²) in [6.45, 7) is 7.08. The monoisotopic (exact) mass is 277 g/mol. The maximum Gasteiger partial charge on any atom is 0.120 e. The lowest BCUT2D eigenvalue weighted by molar-refractivity contribution is 0.414. The zero-order valence-corrected chi connectivity index (χ0v) is 12.9. The molecule has 0 N–H and O–H groups in total. The summed E-state index contributed by atoms with van der Waals surface area (Å²) in [6, 6.07) is 14.2. The van der Waals surface area contributed by atoms with Gasteiger partial charge in [0.05, 0.1) is 7.11 Å². The standard InChI is InChI=1S/C18H16O.C2H5/c1-4-15-11-17(13-18(12-15)19-3)10-9-16-7-5-14(2)6-8-16;1-2/h1,5-13H,2-3H3;1H2,2H3/b10-9-;. The van der Waals surface area contributed by atoms with E-state index in [9.17, 15) is 0 Å². The second-order valence-corrected chi connectivity index (χ2v) is 4.38. The van der Waals surface area contributed by atoms with Gasteiger partial charge in [-0.2, -0.15) is 0 Å². The van der Waals surface area contributed by atoms with E-state index >= 15 is 0 Å². The molecule has 21 heavy (non-hydrogen) atoms. The van der Waals surface area contributed by atoms with Crippen LogP contribution in [0.5, 0.6) is 5.75 Å². The maximum absolute atomic E-state index is 5.44. The minimum Gasteiger partial charge on any atom is -0.497 e. The number of terminal acetylenes is 1. The number of rotatable bonds is 3. The molecular weight excluding hydrogens is 256 g/mol. The highest BCUT2D eigenvalue weighted by molar-refractivity contribution is 5.71. The van der Waals surface area contributed by atoms with Crippen LogP contribution in [-0.4, -0.2) is 7.11 Å². The van der Waals surface area contributed by atoms with Crippen LogP contribution in [0.2, 0.25) is 0 Å². The van der Waals surface area contributed by atoms with E-state index in [0.717, 1.165) is 22.4 Å². The lowest BCUT2D eigenvalue weighted by Gasteiger charge is -2.03. The Balaban J connectivity index is 0.00000106. The molecule has 0 aliphatic heterocycles. The first-order chi connectivity index (χ1) is 10.2. The molecule has 0 heterocycles. The molecule has 0 bridgehead atoms. The van der Waals surface area contributed by atoms with E-state index in [0.29, 0.717) is 0 Å². The van der Waals surface area contributed by atoms with Gasteiger partial charge >= 0.3 is 0 Å². The fraction of sp³-hybridized carbons (Fsp3) is 0.150.